The number of allylic oxidation sites excluding steroid dienone is 1. The van der Waals surface area contributed by atoms with Gasteiger partial charge in [-0.25, -0.2) is 4.79 Å². The van der Waals surface area contributed by atoms with Crippen LogP contribution in [0, 0.1) is 5.92 Å². The number of primary amides is 1. The second kappa shape index (κ2) is 8.60. The van der Waals surface area contributed by atoms with E-state index in [9.17, 15) is 4.79 Å². The quantitative estimate of drug-likeness (QED) is 0.695. The molecule has 0 unspecified atom stereocenters. The summed E-state index contributed by atoms with van der Waals surface area (Å²) in [7, 11) is 0. The third kappa shape index (κ3) is 7.65. The van der Waals surface area contributed by atoms with Crippen molar-refractivity contribution >= 4 is 6.09 Å². The Kier molecular flexibility index (Phi) is 7.99. The normalized spacial score (nSPS) is 16.4. The van der Waals surface area contributed by atoms with Gasteiger partial charge in [-0.3, -0.25) is 0 Å². The summed E-state index contributed by atoms with van der Waals surface area (Å²) in [6, 6.07) is 0. The summed E-state index contributed by atoms with van der Waals surface area (Å²) in [5.74, 6) is 0.851. The third-order valence-corrected chi connectivity index (χ3v) is 2.27. The average Bonchev–Trinajstić information content (AvgIpc) is 2.20. The average molecular weight is 199 g/mol. The second-order valence-electron chi connectivity index (χ2n) is 3.39. The maximum Gasteiger partial charge on any atom is 0.404 e. The van der Waals surface area contributed by atoms with Crippen LogP contribution in [-0.4, -0.2) is 12.7 Å². The van der Waals surface area contributed by atoms with E-state index in [1.165, 1.54) is 32.1 Å². The summed E-state index contributed by atoms with van der Waals surface area (Å²) in [5.41, 5.74) is 4.54. The number of amides is 1. The molecule has 0 spiro atoms. The van der Waals surface area contributed by atoms with Crippen LogP contribution in [0.4, 0.5) is 4.79 Å². The van der Waals surface area contributed by atoms with Gasteiger partial charge in [0, 0.05) is 0 Å². The van der Waals surface area contributed by atoms with E-state index in [-0.39, 0.29) is 0 Å². The first-order valence-corrected chi connectivity index (χ1v) is 5.25. The van der Waals surface area contributed by atoms with Crippen LogP contribution in [-0.2, 0) is 4.74 Å². The first-order valence-electron chi connectivity index (χ1n) is 5.25. The van der Waals surface area contributed by atoms with Gasteiger partial charge in [0.25, 0.3) is 0 Å². The molecule has 3 nitrogen and oxygen atoms in total. The van der Waals surface area contributed by atoms with Crippen LogP contribution in [0.2, 0.25) is 0 Å². The topological polar surface area (TPSA) is 52.3 Å². The predicted molar refractivity (Wildman–Crippen MR) is 58.0 cm³/mol. The number of hydrogen-bond acceptors (Lipinski definition) is 2. The number of rotatable bonds is 2. The summed E-state index contributed by atoms with van der Waals surface area (Å²) >= 11 is 0. The van der Waals surface area contributed by atoms with Gasteiger partial charge in [-0.05, 0) is 25.7 Å². The fourth-order valence-electron chi connectivity index (χ4n) is 1.51. The molecule has 14 heavy (non-hydrogen) atoms. The molecular formula is C11H21NO2. The molecule has 0 heterocycles. The van der Waals surface area contributed by atoms with E-state index in [1.54, 1.807) is 6.92 Å². The number of carbonyl (C=O) groups excluding carboxylic acids is 1. The van der Waals surface area contributed by atoms with Crippen LogP contribution in [0.5, 0.6) is 0 Å². The Morgan fingerprint density at radius 1 is 1.50 bits per heavy atom. The van der Waals surface area contributed by atoms with Crippen molar-refractivity contribution < 1.29 is 9.53 Å². The van der Waals surface area contributed by atoms with Gasteiger partial charge < -0.3 is 10.5 Å². The minimum atomic E-state index is -0.711. The molecule has 2 N–H and O–H groups in total. The van der Waals surface area contributed by atoms with Gasteiger partial charge in [-0.15, -0.1) is 6.58 Å². The first kappa shape index (κ1) is 13.0. The molecule has 0 aromatic carbocycles. The summed E-state index contributed by atoms with van der Waals surface area (Å²) in [6.45, 7) is 5.84. The largest absolute Gasteiger partial charge is 0.450 e. The van der Waals surface area contributed by atoms with Crippen LogP contribution in [0.15, 0.2) is 12.7 Å². The van der Waals surface area contributed by atoms with Crippen molar-refractivity contribution in [3.05, 3.63) is 12.7 Å². The Morgan fingerprint density at radius 3 is 2.29 bits per heavy atom. The molecule has 0 radical (unpaired) electrons. The van der Waals surface area contributed by atoms with E-state index in [1.807, 2.05) is 0 Å². The van der Waals surface area contributed by atoms with Gasteiger partial charge in [-0.2, -0.15) is 0 Å². The van der Waals surface area contributed by atoms with Gasteiger partial charge in [0.15, 0.2) is 0 Å². The molecule has 0 aromatic heterocycles. The molecule has 1 saturated carbocycles. The SMILES string of the molecule is C=CC1CCCCC1.CCOC(N)=O. The molecule has 0 bridgehead atoms. The minimum absolute atomic E-state index is 0.356. The Balaban J connectivity index is 0.000000255. The molecule has 0 aliphatic heterocycles. The van der Waals surface area contributed by atoms with Crippen molar-refractivity contribution in [1.29, 1.82) is 0 Å². The highest BCUT2D eigenvalue weighted by Crippen LogP contribution is 2.23. The molecule has 3 heteroatoms. The lowest BCUT2D eigenvalue weighted by molar-refractivity contribution is 0.163. The lowest BCUT2D eigenvalue weighted by Crippen LogP contribution is -2.11. The zero-order valence-corrected chi connectivity index (χ0v) is 9.00. The molecule has 1 amide bonds. The zero-order valence-electron chi connectivity index (χ0n) is 9.00. The van der Waals surface area contributed by atoms with Gasteiger partial charge in [0.2, 0.25) is 0 Å². The fraction of sp³-hybridized carbons (Fsp3) is 0.727. The van der Waals surface area contributed by atoms with E-state index in [2.05, 4.69) is 23.1 Å². The van der Waals surface area contributed by atoms with E-state index >= 15 is 0 Å². The highest BCUT2D eigenvalue weighted by molar-refractivity contribution is 5.64. The second-order valence-corrected chi connectivity index (χ2v) is 3.39. The minimum Gasteiger partial charge on any atom is -0.450 e. The molecule has 1 aliphatic carbocycles. The van der Waals surface area contributed by atoms with Gasteiger partial charge in [0.1, 0.15) is 0 Å². The van der Waals surface area contributed by atoms with Crippen LogP contribution in [0.3, 0.4) is 0 Å². The maximum absolute atomic E-state index is 9.60. The standard InChI is InChI=1S/C8H14.C3H7NO2/c1-2-8-6-4-3-5-7-8;1-2-6-3(4)5/h2,8H,1,3-7H2;2H2,1H3,(H2,4,5). The number of ether oxygens (including phenoxy) is 1. The van der Waals surface area contributed by atoms with Gasteiger partial charge >= 0.3 is 6.09 Å². The molecule has 0 atom stereocenters. The van der Waals surface area contributed by atoms with Crippen molar-refractivity contribution in [3.8, 4) is 0 Å². The van der Waals surface area contributed by atoms with E-state index in [4.69, 9.17) is 0 Å². The number of carbonyl (C=O) groups is 1. The molecule has 1 aliphatic rings. The van der Waals surface area contributed by atoms with E-state index < -0.39 is 6.09 Å². The van der Waals surface area contributed by atoms with Crippen molar-refractivity contribution in [2.45, 2.75) is 39.0 Å². The molecule has 1 rings (SSSR count). The molecule has 1 fully saturated rings. The fourth-order valence-corrected chi connectivity index (χ4v) is 1.51. The van der Waals surface area contributed by atoms with Crippen molar-refractivity contribution in [2.75, 3.05) is 6.61 Å². The lowest BCUT2D eigenvalue weighted by atomic mass is 9.90. The summed E-state index contributed by atoms with van der Waals surface area (Å²) < 4.78 is 4.18. The summed E-state index contributed by atoms with van der Waals surface area (Å²) in [6.07, 6.45) is 8.49. The highest BCUT2D eigenvalue weighted by Gasteiger charge is 2.07. The lowest BCUT2D eigenvalue weighted by Gasteiger charge is -2.16. The molecule has 82 valence electrons. The Bertz CT molecular complexity index is 163. The third-order valence-electron chi connectivity index (χ3n) is 2.27. The predicted octanol–water partition coefficient (Wildman–Crippen LogP) is 2.85. The Labute approximate surface area is 86.3 Å². The van der Waals surface area contributed by atoms with E-state index in [0.29, 0.717) is 6.61 Å². The molecular weight excluding hydrogens is 178 g/mol. The Hall–Kier alpha value is -0.990. The number of nitrogens with two attached hydrogens (primary N) is 1. The van der Waals surface area contributed by atoms with Crippen molar-refractivity contribution in [2.24, 2.45) is 11.7 Å². The zero-order chi connectivity index (χ0) is 10.8. The molecule has 0 aromatic rings. The summed E-state index contributed by atoms with van der Waals surface area (Å²) in [5, 5.41) is 0. The number of hydrogen-bond donors (Lipinski definition) is 1. The van der Waals surface area contributed by atoms with Crippen LogP contribution >= 0.6 is 0 Å². The van der Waals surface area contributed by atoms with Gasteiger partial charge in [-0.1, -0.05) is 25.3 Å². The van der Waals surface area contributed by atoms with Gasteiger partial charge in [0.05, 0.1) is 6.61 Å². The van der Waals surface area contributed by atoms with Crippen LogP contribution < -0.4 is 5.73 Å². The summed E-state index contributed by atoms with van der Waals surface area (Å²) in [4.78, 5) is 9.60. The van der Waals surface area contributed by atoms with Crippen LogP contribution in [0.25, 0.3) is 0 Å². The van der Waals surface area contributed by atoms with Crippen molar-refractivity contribution in [3.63, 3.8) is 0 Å². The Morgan fingerprint density at radius 2 is 2.07 bits per heavy atom. The smallest absolute Gasteiger partial charge is 0.404 e. The van der Waals surface area contributed by atoms with Crippen LogP contribution in [0.1, 0.15) is 39.0 Å². The maximum atomic E-state index is 9.60. The highest BCUT2D eigenvalue weighted by atomic mass is 16.5. The van der Waals surface area contributed by atoms with Crippen molar-refractivity contribution in [1.82, 2.24) is 0 Å². The monoisotopic (exact) mass is 199 g/mol. The first-order chi connectivity index (χ1) is 6.70. The van der Waals surface area contributed by atoms with E-state index in [0.717, 1.165) is 5.92 Å². The molecule has 0 saturated heterocycles.